The Bertz CT molecular complexity index is 3520. The molecule has 4 aromatic rings. The summed E-state index contributed by atoms with van der Waals surface area (Å²) in [6.45, 7) is 9.12. The number of aliphatic hydroxyl groups is 2. The third kappa shape index (κ3) is 12.8. The van der Waals surface area contributed by atoms with Gasteiger partial charge in [-0.3, -0.25) is 18.4 Å². The topological polar surface area (TPSA) is 412 Å². The van der Waals surface area contributed by atoms with Crippen molar-refractivity contribution in [2.24, 2.45) is 5.92 Å². The molecule has 1 fully saturated rings. The number of nitrogens with one attached hydrogen (secondary N) is 2. The molecule has 1 aliphatic carbocycles. The van der Waals surface area contributed by atoms with E-state index in [1.807, 2.05) is 45.9 Å². The highest BCUT2D eigenvalue weighted by molar-refractivity contribution is 7.86. The maximum absolute atomic E-state index is 12.9. The van der Waals surface area contributed by atoms with Crippen LogP contribution < -0.4 is 15.5 Å². The number of likely N-dealkylation sites (N-methyl/N-ethyl adjacent to an activating group) is 1. The Morgan fingerprint density at radius 1 is 0.863 bits per heavy atom. The molecule has 0 radical (unpaired) electrons. The summed E-state index contributed by atoms with van der Waals surface area (Å²) >= 11 is 0. The number of aliphatic hydroxyl groups excluding tert-OH is 2. The standard InChI is InChI=1S/C47H63N8O20P3S2/c1-5-53-34-19-17-30(79(66,67)68)24-32(34)46(3)29(2)47(4)33-25-31(80(69,70)71)18-20-35(33)54(38(47)15-13-14-37(46)53)23-12-8-9-16-39(56)48-21-10-6-7-11-22-49-43-40-44(51-27-50-43)55(28-52-40)45-42(58)41(57)36(73-45)26-72-77(62,63)75-78(64,65)74-76(59,60)61/h13-15,17-20,24-25,27-29,36,41-42,45,57-58H,5-12,16,21-23,26H2,1-4H3,(H7-,48,49,50,51,56,59,60,61,62,63,64,65,66,67,68,69,70,71)/t29?,36-,41-,42-,45-,46?,47?/m1/s1. The molecule has 0 bridgehead atoms. The predicted molar refractivity (Wildman–Crippen MR) is 284 cm³/mol. The van der Waals surface area contributed by atoms with E-state index in [-0.39, 0.29) is 32.8 Å². The van der Waals surface area contributed by atoms with Gasteiger partial charge in [-0.1, -0.05) is 25.8 Å². The fourth-order valence-electron chi connectivity index (χ4n) is 11.2. The zero-order chi connectivity index (χ0) is 58.4. The van der Waals surface area contributed by atoms with Crippen LogP contribution in [0, 0.1) is 5.92 Å². The van der Waals surface area contributed by atoms with Crippen molar-refractivity contribution in [2.45, 2.75) is 124 Å². The first-order valence-electron chi connectivity index (χ1n) is 25.4. The second kappa shape index (κ2) is 23.5. The lowest BCUT2D eigenvalue weighted by atomic mass is 9.57. The number of benzene rings is 2. The minimum Gasteiger partial charge on any atom is -0.744 e. The van der Waals surface area contributed by atoms with Crippen molar-refractivity contribution in [1.82, 2.24) is 24.8 Å². The largest absolute Gasteiger partial charge is 0.744 e. The van der Waals surface area contributed by atoms with E-state index in [9.17, 15) is 64.4 Å². The van der Waals surface area contributed by atoms with Gasteiger partial charge in [0.1, 0.15) is 41.3 Å². The van der Waals surface area contributed by atoms with E-state index in [0.717, 1.165) is 48.5 Å². The van der Waals surface area contributed by atoms with Crippen molar-refractivity contribution < 1.29 is 96.7 Å². The Balaban J connectivity index is 0.798. The highest BCUT2D eigenvalue weighted by Crippen LogP contribution is 2.66. The van der Waals surface area contributed by atoms with Gasteiger partial charge in [-0.2, -0.15) is 21.6 Å². The molecule has 438 valence electrons. The Kier molecular flexibility index (Phi) is 18.1. The molecule has 33 heteroatoms. The average Bonchev–Trinajstić information content (AvgIpc) is 4.06. The van der Waals surface area contributed by atoms with E-state index in [4.69, 9.17) is 14.5 Å². The van der Waals surface area contributed by atoms with Gasteiger partial charge in [0, 0.05) is 67.0 Å². The van der Waals surface area contributed by atoms with Crippen LogP contribution in [0.2, 0.25) is 0 Å². The first kappa shape index (κ1) is 61.4. The number of nitrogens with zero attached hydrogens (tertiary/aromatic N) is 6. The van der Waals surface area contributed by atoms with Gasteiger partial charge in [0.2, 0.25) is 11.6 Å². The molecule has 5 heterocycles. The van der Waals surface area contributed by atoms with Crippen LogP contribution in [0.1, 0.15) is 96.4 Å². The number of anilines is 2. The summed E-state index contributed by atoms with van der Waals surface area (Å²) in [6, 6.07) is 9.01. The molecule has 28 nitrogen and oxygen atoms in total. The number of phosphoric ester groups is 1. The zero-order valence-corrected chi connectivity index (χ0v) is 48.0. The number of ether oxygens (including phenoxy) is 1. The van der Waals surface area contributed by atoms with Crippen LogP contribution in [0.3, 0.4) is 0 Å². The quantitative estimate of drug-likeness (QED) is 0.0190. The summed E-state index contributed by atoms with van der Waals surface area (Å²) in [7, 11) is -26.3. The van der Waals surface area contributed by atoms with Gasteiger partial charge >= 0.3 is 23.5 Å². The van der Waals surface area contributed by atoms with Crippen molar-refractivity contribution in [1.29, 1.82) is 0 Å². The molecule has 3 aliphatic heterocycles. The summed E-state index contributed by atoms with van der Waals surface area (Å²) in [5, 5.41) is 27.6. The fraction of sp³-hybridized carbons (Fsp3) is 0.511. The van der Waals surface area contributed by atoms with Crippen molar-refractivity contribution in [3.8, 4) is 0 Å². The summed E-state index contributed by atoms with van der Waals surface area (Å²) < 4.78 is 128. The molecule has 9 atom stereocenters. The monoisotopic (exact) mass is 1220 g/mol. The van der Waals surface area contributed by atoms with Gasteiger partial charge in [-0.05, 0) is 94.3 Å². The van der Waals surface area contributed by atoms with E-state index in [0.29, 0.717) is 68.8 Å². The first-order valence-corrected chi connectivity index (χ1v) is 32.8. The second-order valence-electron chi connectivity index (χ2n) is 20.1. The molecule has 80 heavy (non-hydrogen) atoms. The number of imidazole rings is 1. The van der Waals surface area contributed by atoms with E-state index >= 15 is 0 Å². The Hall–Kier alpha value is -4.68. The lowest BCUT2D eigenvalue weighted by Gasteiger charge is -2.44. The van der Waals surface area contributed by atoms with Gasteiger partial charge in [-0.15, -0.1) is 0 Å². The van der Waals surface area contributed by atoms with Crippen molar-refractivity contribution in [3.63, 3.8) is 0 Å². The van der Waals surface area contributed by atoms with Crippen molar-refractivity contribution in [3.05, 3.63) is 84.1 Å². The average molecular weight is 1220 g/mol. The lowest BCUT2D eigenvalue weighted by Crippen LogP contribution is -2.49. The van der Waals surface area contributed by atoms with E-state index in [1.165, 1.54) is 41.5 Å². The molecule has 8 rings (SSSR count). The Morgan fingerprint density at radius 3 is 2.24 bits per heavy atom. The number of carbonyl (C=O) groups excluding carboxylic acids is 1. The van der Waals surface area contributed by atoms with Gasteiger partial charge in [0.25, 0.3) is 10.1 Å². The van der Waals surface area contributed by atoms with Crippen LogP contribution in [0.25, 0.3) is 11.2 Å². The normalized spacial score (nSPS) is 26.3. The number of allylic oxidation sites excluding steroid dienone is 4. The van der Waals surface area contributed by atoms with Crippen LogP contribution in [-0.2, 0) is 67.4 Å². The van der Waals surface area contributed by atoms with Gasteiger partial charge in [0.05, 0.1) is 28.1 Å². The minimum absolute atomic E-state index is 0.0765. The summed E-state index contributed by atoms with van der Waals surface area (Å²) in [5.41, 5.74) is 3.33. The molecular formula is C47H63N8O20P3S2. The molecule has 2 aromatic carbocycles. The number of phosphoric acid groups is 3. The summed E-state index contributed by atoms with van der Waals surface area (Å²) in [4.78, 5) is 63.8. The fourth-order valence-corrected chi connectivity index (χ4v) is 15.2. The molecule has 0 spiro atoms. The predicted octanol–water partition coefficient (Wildman–Crippen LogP) is 4.53. The molecule has 0 saturated carbocycles. The van der Waals surface area contributed by atoms with Crippen molar-refractivity contribution in [2.75, 3.05) is 43.0 Å². The van der Waals surface area contributed by atoms with Crippen LogP contribution in [0.5, 0.6) is 0 Å². The lowest BCUT2D eigenvalue weighted by molar-refractivity contribution is -0.438. The number of fused-ring (bicyclic) bond motifs is 7. The number of carbonyl (C=O) groups is 1. The first-order chi connectivity index (χ1) is 37.4. The van der Waals surface area contributed by atoms with Crippen LogP contribution >= 0.6 is 23.5 Å². The number of rotatable bonds is 25. The number of aromatic nitrogens is 4. The molecule has 4 aliphatic rings. The van der Waals surface area contributed by atoms with Crippen LogP contribution in [0.4, 0.5) is 17.2 Å². The molecule has 2 aromatic heterocycles. The summed E-state index contributed by atoms with van der Waals surface area (Å²) in [6.07, 6.45) is 7.55. The minimum atomic E-state index is -5.79. The van der Waals surface area contributed by atoms with Crippen LogP contribution in [-0.4, -0.2) is 143 Å². The molecule has 1 amide bonds. The number of unbranched alkanes of at least 4 members (excludes halogenated alkanes) is 5. The SMILES string of the molecule is CCN1/C2=C/C=C/C3=[N+](CCCCCC(=O)NCCCCCCNc4ncnc5c4ncn5[C@@H]4O[C@H](COP(=O)(O)OP(=O)(O)OP(=O)(O)O)[C@@H](O)[C@H]4O)c4ccc(S(=O)(=O)O)cc4C3(C)C(C)C2(C)c2cc(S(=O)(=O)[O-])ccc21. The molecule has 9 N–H and O–H groups in total. The van der Waals surface area contributed by atoms with E-state index in [1.54, 1.807) is 12.1 Å². The van der Waals surface area contributed by atoms with E-state index in [2.05, 4.69) is 48.2 Å². The third-order valence-corrected chi connectivity index (χ3v) is 20.7. The smallest absolute Gasteiger partial charge is 0.490 e. The summed E-state index contributed by atoms with van der Waals surface area (Å²) in [5.74, 6) is -0.0906. The number of hydrogen-bond acceptors (Lipinski definition) is 20. The molecular weight excluding hydrogens is 1150 g/mol. The maximum atomic E-state index is 12.9. The van der Waals surface area contributed by atoms with Gasteiger partial charge < -0.3 is 54.6 Å². The molecule has 5 unspecified atom stereocenters. The van der Waals surface area contributed by atoms with Crippen LogP contribution in [0.15, 0.2) is 82.8 Å². The Labute approximate surface area is 460 Å². The third-order valence-electron chi connectivity index (χ3n) is 15.2. The number of amides is 1. The number of hydrogen-bond donors (Lipinski definition) is 9. The molecule has 1 saturated heterocycles. The Morgan fingerprint density at radius 2 is 1.55 bits per heavy atom. The van der Waals surface area contributed by atoms with Crippen molar-refractivity contribution >= 4 is 83.7 Å². The maximum Gasteiger partial charge on any atom is 0.490 e. The van der Waals surface area contributed by atoms with Gasteiger partial charge in [0.15, 0.2) is 28.9 Å². The van der Waals surface area contributed by atoms with Gasteiger partial charge in [-0.25, -0.2) is 37.1 Å². The zero-order valence-electron chi connectivity index (χ0n) is 43.7. The highest BCUT2D eigenvalue weighted by atomic mass is 32.2. The second-order valence-corrected chi connectivity index (χ2v) is 27.3. The highest BCUT2D eigenvalue weighted by Gasteiger charge is 2.60. The van der Waals surface area contributed by atoms with E-state index < -0.39 is 85.7 Å².